The van der Waals surface area contributed by atoms with Crippen LogP contribution in [0, 0.1) is 0 Å². The molecule has 1 fully saturated rings. The molecule has 0 N–H and O–H groups in total. The minimum atomic E-state index is -0.537. The van der Waals surface area contributed by atoms with E-state index in [4.69, 9.17) is 0 Å². The largest absolute Gasteiger partial charge is 0.309 e. The maximum absolute atomic E-state index is 2.60. The molecule has 79 heavy (non-hydrogen) atoms. The summed E-state index contributed by atoms with van der Waals surface area (Å²) in [5.74, 6) is 0.535. The number of rotatable bonds is 10. The highest BCUT2D eigenvalue weighted by Gasteiger charge is 2.47. The Morgan fingerprint density at radius 2 is 0.861 bits per heavy atom. The van der Waals surface area contributed by atoms with E-state index in [1.165, 1.54) is 120 Å². The van der Waals surface area contributed by atoms with Gasteiger partial charge >= 0.3 is 0 Å². The third kappa shape index (κ3) is 7.54. The molecule has 1 aromatic heterocycles. The maximum Gasteiger partial charge on any atom is 0.0713 e. The summed E-state index contributed by atoms with van der Waals surface area (Å²) >= 11 is 0. The second-order valence-corrected chi connectivity index (χ2v) is 21.6. The number of hydrogen-bond acceptors (Lipinski definition) is 1. The van der Waals surface area contributed by atoms with E-state index in [9.17, 15) is 0 Å². The zero-order chi connectivity index (χ0) is 52.3. The van der Waals surface area contributed by atoms with Gasteiger partial charge in [0, 0.05) is 33.2 Å². The first kappa shape index (κ1) is 46.8. The monoisotopic (exact) mass is 1010 g/mol. The highest BCUT2D eigenvalue weighted by atomic mass is 15.2. The van der Waals surface area contributed by atoms with Crippen molar-refractivity contribution in [3.8, 4) is 50.2 Å². The average Bonchev–Trinajstić information content (AvgIpc) is 3.79. The van der Waals surface area contributed by atoms with Gasteiger partial charge in [-0.3, -0.25) is 0 Å². The van der Waals surface area contributed by atoms with Gasteiger partial charge in [0.2, 0.25) is 0 Å². The molecule has 12 aromatic carbocycles. The topological polar surface area (TPSA) is 8.17 Å². The molecule has 376 valence electrons. The SMILES string of the molecule is c1ccc(-n2c3ccccc3c3cc(-c4ccccc4N(c4ccccc4-c4cccc5c4-c4ccccc4C5(c4ccccc4)c4ccccc4)c4ccccc4-c4cccc5cccc(C6CCCCC6)c45)ccc32)cc1. The van der Waals surface area contributed by atoms with Gasteiger partial charge in [0.1, 0.15) is 0 Å². The van der Waals surface area contributed by atoms with Crippen LogP contribution in [0.2, 0.25) is 0 Å². The number of fused-ring (bicyclic) bond motifs is 7. The molecule has 0 radical (unpaired) electrons. The highest BCUT2D eigenvalue weighted by Crippen LogP contribution is 2.60. The molecule has 0 spiro atoms. The number of nitrogens with zero attached hydrogens (tertiary/aromatic N) is 2. The number of anilines is 3. The lowest BCUT2D eigenvalue weighted by Crippen LogP contribution is -2.28. The third-order valence-corrected chi connectivity index (χ3v) is 17.5. The summed E-state index contributed by atoms with van der Waals surface area (Å²) in [4.78, 5) is 2.60. The third-order valence-electron chi connectivity index (χ3n) is 17.5. The first-order valence-corrected chi connectivity index (χ1v) is 28.3. The molecule has 1 saturated carbocycles. The Kier molecular flexibility index (Phi) is 11.5. The minimum absolute atomic E-state index is 0.535. The second kappa shape index (κ2) is 19.5. The summed E-state index contributed by atoms with van der Waals surface area (Å²) < 4.78 is 2.41. The van der Waals surface area contributed by atoms with Gasteiger partial charge in [-0.05, 0) is 134 Å². The molecule has 0 unspecified atom stereocenters. The highest BCUT2D eigenvalue weighted by molar-refractivity contribution is 6.12. The Morgan fingerprint density at radius 1 is 0.354 bits per heavy atom. The molecular formula is C77H58N2. The van der Waals surface area contributed by atoms with E-state index in [1.807, 2.05) is 0 Å². The van der Waals surface area contributed by atoms with Crippen molar-refractivity contribution >= 4 is 49.6 Å². The first-order chi connectivity index (χ1) is 39.3. The maximum atomic E-state index is 2.60. The smallest absolute Gasteiger partial charge is 0.0713 e. The zero-order valence-corrected chi connectivity index (χ0v) is 44.1. The van der Waals surface area contributed by atoms with E-state index in [1.54, 1.807) is 0 Å². The molecule has 2 aliphatic rings. The Morgan fingerprint density at radius 3 is 1.57 bits per heavy atom. The van der Waals surface area contributed by atoms with Gasteiger partial charge in [-0.15, -0.1) is 0 Å². The minimum Gasteiger partial charge on any atom is -0.309 e. The predicted octanol–water partition coefficient (Wildman–Crippen LogP) is 20.8. The molecule has 2 aliphatic carbocycles. The molecule has 2 heteroatoms. The summed E-state index contributed by atoms with van der Waals surface area (Å²) in [6, 6.07) is 107. The Bertz CT molecular complexity index is 4360. The molecular weight excluding hydrogens is 953 g/mol. The van der Waals surface area contributed by atoms with Gasteiger partial charge in [0.05, 0.1) is 33.5 Å². The first-order valence-electron chi connectivity index (χ1n) is 28.3. The quantitative estimate of drug-likeness (QED) is 0.133. The number of para-hydroxylation sites is 5. The van der Waals surface area contributed by atoms with Crippen molar-refractivity contribution in [3.05, 3.63) is 313 Å². The summed E-state index contributed by atoms with van der Waals surface area (Å²) in [5, 5.41) is 5.13. The molecule has 0 saturated heterocycles. The van der Waals surface area contributed by atoms with E-state index in [0.717, 1.165) is 39.4 Å². The van der Waals surface area contributed by atoms with Crippen LogP contribution in [-0.4, -0.2) is 4.57 Å². The van der Waals surface area contributed by atoms with E-state index in [-0.39, 0.29) is 0 Å². The lowest BCUT2D eigenvalue weighted by atomic mass is 9.67. The van der Waals surface area contributed by atoms with Crippen LogP contribution in [0.25, 0.3) is 82.8 Å². The normalized spacial score (nSPS) is 13.9. The van der Waals surface area contributed by atoms with Crippen LogP contribution in [0.4, 0.5) is 17.1 Å². The Hall–Kier alpha value is -9.50. The van der Waals surface area contributed by atoms with Gasteiger partial charge in [-0.1, -0.05) is 256 Å². The van der Waals surface area contributed by atoms with Gasteiger partial charge in [0.15, 0.2) is 0 Å². The fraction of sp³-hybridized carbons (Fsp3) is 0.0909. The van der Waals surface area contributed by atoms with E-state index in [0.29, 0.717) is 5.92 Å². The van der Waals surface area contributed by atoms with Crippen LogP contribution < -0.4 is 4.90 Å². The summed E-state index contributed by atoms with van der Waals surface area (Å²) in [7, 11) is 0. The molecule has 0 amide bonds. The van der Waals surface area contributed by atoms with E-state index < -0.39 is 5.41 Å². The summed E-state index contributed by atoms with van der Waals surface area (Å²) in [6.07, 6.45) is 6.35. The predicted molar refractivity (Wildman–Crippen MR) is 332 cm³/mol. The van der Waals surface area contributed by atoms with Crippen molar-refractivity contribution in [1.29, 1.82) is 0 Å². The molecule has 2 nitrogen and oxygen atoms in total. The van der Waals surface area contributed by atoms with Crippen molar-refractivity contribution in [2.24, 2.45) is 0 Å². The fourth-order valence-electron chi connectivity index (χ4n) is 14.2. The standard InChI is InChI=1S/C77H58N2/c1-5-26-53(27-6-1)60-41-23-28-54-29-24-42-64(75(54)60)61-37-15-21-48-72(61)79(70-46-19-14-36-59(70)55-50-51-74-67(52-55)63-39-17-20-47-71(63)78(74)58-34-11-4-12-35-58)73-49-22-16-38-62(73)65-43-25-45-69-76(65)66-40-13-18-44-68(66)77(69,56-30-7-2-8-31-56)57-32-9-3-10-33-57/h2-4,7-25,28-53H,1,5-6,26-27H2. The van der Waals surface area contributed by atoms with Crippen LogP contribution in [-0.2, 0) is 5.41 Å². The molecule has 0 bridgehead atoms. The lowest BCUT2D eigenvalue weighted by molar-refractivity contribution is 0.445. The van der Waals surface area contributed by atoms with Crippen LogP contribution in [0.1, 0.15) is 65.8 Å². The van der Waals surface area contributed by atoms with Crippen molar-refractivity contribution in [2.75, 3.05) is 4.90 Å². The summed E-state index contributed by atoms with van der Waals surface area (Å²) in [5.41, 5.74) is 22.6. The fourth-order valence-corrected chi connectivity index (χ4v) is 14.2. The van der Waals surface area contributed by atoms with Crippen LogP contribution in [0.15, 0.2) is 285 Å². The lowest BCUT2D eigenvalue weighted by Gasteiger charge is -2.34. The van der Waals surface area contributed by atoms with Gasteiger partial charge < -0.3 is 9.47 Å². The van der Waals surface area contributed by atoms with Gasteiger partial charge in [-0.2, -0.15) is 0 Å². The molecule has 0 aliphatic heterocycles. The number of hydrogen-bond donors (Lipinski definition) is 0. The van der Waals surface area contributed by atoms with Crippen LogP contribution in [0.3, 0.4) is 0 Å². The number of benzene rings is 12. The summed E-state index contributed by atoms with van der Waals surface area (Å²) in [6.45, 7) is 0. The van der Waals surface area contributed by atoms with Crippen molar-refractivity contribution < 1.29 is 0 Å². The zero-order valence-electron chi connectivity index (χ0n) is 44.1. The van der Waals surface area contributed by atoms with Crippen molar-refractivity contribution in [1.82, 2.24) is 4.57 Å². The molecule has 15 rings (SSSR count). The van der Waals surface area contributed by atoms with Crippen LogP contribution in [0.5, 0.6) is 0 Å². The van der Waals surface area contributed by atoms with Crippen molar-refractivity contribution in [3.63, 3.8) is 0 Å². The molecule has 13 aromatic rings. The Labute approximate surface area is 463 Å². The number of aromatic nitrogens is 1. The Balaban J connectivity index is 1.00. The average molecular weight is 1010 g/mol. The van der Waals surface area contributed by atoms with Gasteiger partial charge in [-0.25, -0.2) is 0 Å². The van der Waals surface area contributed by atoms with Gasteiger partial charge in [0.25, 0.3) is 0 Å². The van der Waals surface area contributed by atoms with Crippen molar-refractivity contribution in [2.45, 2.75) is 43.4 Å². The van der Waals surface area contributed by atoms with E-state index in [2.05, 4.69) is 295 Å². The van der Waals surface area contributed by atoms with E-state index >= 15 is 0 Å². The van der Waals surface area contributed by atoms with Crippen LogP contribution >= 0.6 is 0 Å². The molecule has 1 heterocycles. The molecule has 0 atom stereocenters. The second-order valence-electron chi connectivity index (χ2n) is 21.6.